The lowest BCUT2D eigenvalue weighted by atomic mass is 9.73. The average Bonchev–Trinajstić information content (AvgIpc) is 3.06. The quantitative estimate of drug-likeness (QED) is 0.812. The Balaban J connectivity index is 1.57. The molecule has 1 atom stereocenters. The van der Waals surface area contributed by atoms with E-state index in [2.05, 4.69) is 15.2 Å². The van der Waals surface area contributed by atoms with E-state index in [4.69, 9.17) is 4.74 Å². The van der Waals surface area contributed by atoms with Crippen LogP contribution in [-0.2, 0) is 20.7 Å². The van der Waals surface area contributed by atoms with Crippen LogP contribution in [0.3, 0.4) is 0 Å². The molecule has 2 aliphatic heterocycles. The van der Waals surface area contributed by atoms with Gasteiger partial charge in [-0.15, -0.1) is 0 Å². The number of aromatic amines is 1. The van der Waals surface area contributed by atoms with E-state index < -0.39 is 0 Å². The lowest BCUT2D eigenvalue weighted by Gasteiger charge is -2.48. The summed E-state index contributed by atoms with van der Waals surface area (Å²) in [5.74, 6) is 1.83. The van der Waals surface area contributed by atoms with Gasteiger partial charge in [0, 0.05) is 58.0 Å². The molecule has 2 fully saturated rings. The predicted molar refractivity (Wildman–Crippen MR) is 95.4 cm³/mol. The van der Waals surface area contributed by atoms with Crippen molar-refractivity contribution in [2.45, 2.75) is 45.4 Å². The van der Waals surface area contributed by atoms with Gasteiger partial charge in [-0.05, 0) is 26.2 Å². The van der Waals surface area contributed by atoms with Crippen molar-refractivity contribution in [3.05, 3.63) is 11.6 Å². The second-order valence-electron chi connectivity index (χ2n) is 7.56. The van der Waals surface area contributed by atoms with Gasteiger partial charge in [-0.1, -0.05) is 0 Å². The molecule has 144 valence electrons. The summed E-state index contributed by atoms with van der Waals surface area (Å²) in [5, 5.41) is 6.91. The molecule has 3 heterocycles. The summed E-state index contributed by atoms with van der Waals surface area (Å²) >= 11 is 0. The summed E-state index contributed by atoms with van der Waals surface area (Å²) in [6, 6.07) is 0. The molecule has 1 spiro atoms. The molecular weight excluding hydrogens is 334 g/mol. The molecule has 8 heteroatoms. The molecule has 8 nitrogen and oxygen atoms in total. The summed E-state index contributed by atoms with van der Waals surface area (Å²) in [4.78, 5) is 33.0. The highest BCUT2D eigenvalue weighted by atomic mass is 16.5. The largest absolute Gasteiger partial charge is 0.383 e. The van der Waals surface area contributed by atoms with Crippen LogP contribution >= 0.6 is 0 Å². The summed E-state index contributed by atoms with van der Waals surface area (Å²) < 4.78 is 5.13. The summed E-state index contributed by atoms with van der Waals surface area (Å²) in [6.07, 6.45) is 4.51. The molecule has 1 aromatic heterocycles. The Morgan fingerprint density at radius 3 is 2.92 bits per heavy atom. The lowest BCUT2D eigenvalue weighted by molar-refractivity contribution is -0.143. The fourth-order valence-electron chi connectivity index (χ4n) is 4.14. The van der Waals surface area contributed by atoms with Gasteiger partial charge < -0.3 is 14.5 Å². The number of amides is 2. The first kappa shape index (κ1) is 18.8. The number of hydrogen-bond acceptors (Lipinski definition) is 5. The molecule has 3 rings (SSSR count). The van der Waals surface area contributed by atoms with Crippen molar-refractivity contribution in [1.29, 1.82) is 0 Å². The van der Waals surface area contributed by atoms with Crippen molar-refractivity contribution in [3.63, 3.8) is 0 Å². The monoisotopic (exact) mass is 363 g/mol. The average molecular weight is 363 g/mol. The predicted octanol–water partition coefficient (Wildman–Crippen LogP) is 0.923. The maximum Gasteiger partial charge on any atom is 0.223 e. The number of rotatable bonds is 6. The number of methoxy groups -OCH3 is 1. The van der Waals surface area contributed by atoms with Gasteiger partial charge >= 0.3 is 0 Å². The van der Waals surface area contributed by atoms with Crippen LogP contribution in [0.25, 0.3) is 0 Å². The van der Waals surface area contributed by atoms with Crippen molar-refractivity contribution in [3.8, 4) is 0 Å². The van der Waals surface area contributed by atoms with Crippen molar-refractivity contribution in [2.24, 2.45) is 5.41 Å². The second-order valence-corrected chi connectivity index (χ2v) is 7.56. The molecular formula is C18H29N5O3. The summed E-state index contributed by atoms with van der Waals surface area (Å²) in [6.45, 7) is 5.33. The Bertz CT molecular complexity index is 647. The van der Waals surface area contributed by atoms with Gasteiger partial charge in [0.2, 0.25) is 11.8 Å². The molecule has 26 heavy (non-hydrogen) atoms. The fourth-order valence-corrected chi connectivity index (χ4v) is 4.14. The molecule has 1 aromatic rings. The number of aromatic nitrogens is 3. The molecule has 2 amide bonds. The van der Waals surface area contributed by atoms with Gasteiger partial charge in [0.1, 0.15) is 5.82 Å². The maximum absolute atomic E-state index is 12.7. The number of nitrogens with one attached hydrogen (secondary N) is 1. The smallest absolute Gasteiger partial charge is 0.223 e. The molecule has 2 saturated heterocycles. The van der Waals surface area contributed by atoms with Gasteiger partial charge in [0.15, 0.2) is 5.82 Å². The van der Waals surface area contributed by atoms with Crippen molar-refractivity contribution in [2.75, 3.05) is 39.9 Å². The van der Waals surface area contributed by atoms with Crippen LogP contribution in [0.1, 0.15) is 43.8 Å². The Labute approximate surface area is 154 Å². The van der Waals surface area contributed by atoms with E-state index in [-0.39, 0.29) is 17.2 Å². The maximum atomic E-state index is 12.7. The first-order chi connectivity index (χ1) is 12.5. The Morgan fingerprint density at radius 1 is 1.35 bits per heavy atom. The normalized spacial score (nSPS) is 23.7. The van der Waals surface area contributed by atoms with Crippen LogP contribution in [-0.4, -0.2) is 76.7 Å². The van der Waals surface area contributed by atoms with Crippen LogP contribution in [0.5, 0.6) is 0 Å². The zero-order valence-corrected chi connectivity index (χ0v) is 15.8. The van der Waals surface area contributed by atoms with E-state index in [1.807, 2.05) is 16.7 Å². The lowest BCUT2D eigenvalue weighted by Crippen LogP contribution is -2.55. The minimum absolute atomic E-state index is 0.0384. The number of aryl methyl sites for hydroxylation is 2. The standard InChI is InChI=1S/C18H29N5O3/c1-14-19-15(21-20-14)4-5-16(24)22-9-3-7-18(12-22)8-6-17(25)23(13-18)10-11-26-2/h3-13H2,1-2H3,(H,19,20,21)/t18-/m1/s1. The van der Waals surface area contributed by atoms with E-state index in [9.17, 15) is 9.59 Å². The third-order valence-corrected chi connectivity index (χ3v) is 5.53. The van der Waals surface area contributed by atoms with Gasteiger partial charge in [-0.3, -0.25) is 14.7 Å². The number of ether oxygens (including phenoxy) is 1. The zero-order valence-electron chi connectivity index (χ0n) is 15.8. The Kier molecular flexibility index (Phi) is 5.90. The number of H-pyrrole nitrogens is 1. The van der Waals surface area contributed by atoms with Crippen molar-refractivity contribution < 1.29 is 14.3 Å². The van der Waals surface area contributed by atoms with Crippen LogP contribution in [0.2, 0.25) is 0 Å². The number of hydrogen-bond donors (Lipinski definition) is 1. The third-order valence-electron chi connectivity index (χ3n) is 5.53. The minimum atomic E-state index is 0.0384. The third kappa shape index (κ3) is 4.41. The molecule has 0 bridgehead atoms. The van der Waals surface area contributed by atoms with Crippen LogP contribution < -0.4 is 0 Å². The number of nitrogens with zero attached hydrogens (tertiary/aromatic N) is 4. The van der Waals surface area contributed by atoms with Crippen LogP contribution in [0, 0.1) is 12.3 Å². The number of carbonyl (C=O) groups excluding carboxylic acids is 2. The number of carbonyl (C=O) groups is 2. The van der Waals surface area contributed by atoms with E-state index in [0.717, 1.165) is 44.7 Å². The first-order valence-electron chi connectivity index (χ1n) is 9.44. The van der Waals surface area contributed by atoms with E-state index in [1.54, 1.807) is 7.11 Å². The molecule has 0 saturated carbocycles. The highest BCUT2D eigenvalue weighted by Crippen LogP contribution is 2.39. The highest BCUT2D eigenvalue weighted by Gasteiger charge is 2.42. The molecule has 0 aliphatic carbocycles. The van der Waals surface area contributed by atoms with Gasteiger partial charge in [-0.2, -0.15) is 5.10 Å². The number of piperidine rings is 2. The molecule has 0 radical (unpaired) electrons. The number of likely N-dealkylation sites (tertiary alicyclic amines) is 2. The SMILES string of the molecule is COCCN1C[C@]2(CCCN(C(=O)CCc3n[nH]c(C)n3)C2)CCC1=O. The highest BCUT2D eigenvalue weighted by molar-refractivity contribution is 5.78. The zero-order chi connectivity index (χ0) is 18.6. The minimum Gasteiger partial charge on any atom is -0.383 e. The Morgan fingerprint density at radius 2 is 2.19 bits per heavy atom. The summed E-state index contributed by atoms with van der Waals surface area (Å²) in [7, 11) is 1.65. The van der Waals surface area contributed by atoms with E-state index >= 15 is 0 Å². The topological polar surface area (TPSA) is 91.4 Å². The van der Waals surface area contributed by atoms with Crippen molar-refractivity contribution in [1.82, 2.24) is 25.0 Å². The first-order valence-corrected chi connectivity index (χ1v) is 9.44. The van der Waals surface area contributed by atoms with Gasteiger partial charge in [-0.25, -0.2) is 4.98 Å². The molecule has 1 N–H and O–H groups in total. The van der Waals surface area contributed by atoms with Crippen LogP contribution in [0.15, 0.2) is 0 Å². The van der Waals surface area contributed by atoms with Gasteiger partial charge in [0.05, 0.1) is 6.61 Å². The second kappa shape index (κ2) is 8.16. The molecule has 2 aliphatic rings. The van der Waals surface area contributed by atoms with Crippen molar-refractivity contribution >= 4 is 11.8 Å². The fraction of sp³-hybridized carbons (Fsp3) is 0.778. The van der Waals surface area contributed by atoms with Gasteiger partial charge in [0.25, 0.3) is 0 Å². The molecule has 0 unspecified atom stereocenters. The Hall–Kier alpha value is -1.96. The molecule has 0 aromatic carbocycles. The van der Waals surface area contributed by atoms with E-state index in [0.29, 0.717) is 38.2 Å². The summed E-state index contributed by atoms with van der Waals surface area (Å²) in [5.41, 5.74) is 0.0384. The van der Waals surface area contributed by atoms with E-state index in [1.165, 1.54) is 0 Å². The van der Waals surface area contributed by atoms with Crippen LogP contribution in [0.4, 0.5) is 0 Å².